The van der Waals surface area contributed by atoms with Crippen molar-refractivity contribution < 1.29 is 13.7 Å². The van der Waals surface area contributed by atoms with Gasteiger partial charge in [-0.3, -0.25) is 10.1 Å². The number of anilines is 1. The molecular weight excluding hydrogens is 218 g/mol. The highest BCUT2D eigenvalue weighted by molar-refractivity contribution is 5.56. The summed E-state index contributed by atoms with van der Waals surface area (Å²) in [5, 5.41) is 10.0. The van der Waals surface area contributed by atoms with Gasteiger partial charge in [-0.1, -0.05) is 0 Å². The third kappa shape index (κ3) is 2.75. The highest BCUT2D eigenvalue weighted by Gasteiger charge is 2.10. The van der Waals surface area contributed by atoms with Gasteiger partial charge in [-0.25, -0.2) is 8.78 Å². The van der Waals surface area contributed by atoms with Crippen molar-refractivity contribution in [1.29, 1.82) is 0 Å². The van der Waals surface area contributed by atoms with E-state index in [0.717, 1.165) is 18.2 Å². The smallest absolute Gasteiger partial charge is 0.235 e. The summed E-state index contributed by atoms with van der Waals surface area (Å²) in [5.74, 6) is -1.66. The molecule has 0 aromatic heterocycles. The van der Waals surface area contributed by atoms with Crippen LogP contribution < -0.4 is 4.90 Å². The van der Waals surface area contributed by atoms with Crippen LogP contribution in [0.3, 0.4) is 0 Å². The second-order valence-electron chi connectivity index (χ2n) is 3.32. The van der Waals surface area contributed by atoms with Crippen LogP contribution >= 0.6 is 0 Å². The largest absolute Gasteiger partial charge is 0.377 e. The highest BCUT2D eigenvalue weighted by atomic mass is 19.1. The maximum Gasteiger partial charge on any atom is 0.235 e. The van der Waals surface area contributed by atoms with E-state index in [9.17, 15) is 18.9 Å². The first-order valence-electron chi connectivity index (χ1n) is 4.40. The summed E-state index contributed by atoms with van der Waals surface area (Å²) < 4.78 is 26.8. The van der Waals surface area contributed by atoms with Gasteiger partial charge in [0.15, 0.2) is 0 Å². The molecule has 0 aliphatic carbocycles. The molecule has 1 aromatic carbocycles. The monoisotopic (exact) mass is 228 g/mol. The van der Waals surface area contributed by atoms with Crippen molar-refractivity contribution in [3.63, 3.8) is 0 Å². The third-order valence-electron chi connectivity index (χ3n) is 1.94. The first-order valence-corrected chi connectivity index (χ1v) is 4.40. The van der Waals surface area contributed by atoms with E-state index in [0.29, 0.717) is 11.9 Å². The molecule has 0 amide bonds. The summed E-state index contributed by atoms with van der Waals surface area (Å²) >= 11 is 0. The zero-order valence-corrected chi connectivity index (χ0v) is 8.78. The Morgan fingerprint density at radius 3 is 2.19 bits per heavy atom. The van der Waals surface area contributed by atoms with Crippen LogP contribution in [0, 0.1) is 21.7 Å². The van der Waals surface area contributed by atoms with E-state index in [1.807, 2.05) is 0 Å². The van der Waals surface area contributed by atoms with Gasteiger partial charge in [0.1, 0.15) is 11.6 Å². The molecule has 0 radical (unpaired) electrons. The molecule has 1 rings (SSSR count). The SMILES string of the molecule is CN(C)c1cc(F)c(C=C[N+](=O)[O-])c(F)c1. The molecule has 0 aliphatic heterocycles. The second kappa shape index (κ2) is 4.69. The molecule has 6 heteroatoms. The molecule has 0 N–H and O–H groups in total. The van der Waals surface area contributed by atoms with E-state index < -0.39 is 22.1 Å². The van der Waals surface area contributed by atoms with Gasteiger partial charge >= 0.3 is 0 Å². The minimum Gasteiger partial charge on any atom is -0.377 e. The molecule has 0 bridgehead atoms. The summed E-state index contributed by atoms with van der Waals surface area (Å²) in [6.45, 7) is 0. The minimum absolute atomic E-state index is 0.355. The maximum absolute atomic E-state index is 13.4. The molecule has 0 saturated heterocycles. The third-order valence-corrected chi connectivity index (χ3v) is 1.94. The quantitative estimate of drug-likeness (QED) is 0.589. The fraction of sp³-hybridized carbons (Fsp3) is 0.200. The van der Waals surface area contributed by atoms with Gasteiger partial charge in [-0.15, -0.1) is 0 Å². The fourth-order valence-corrected chi connectivity index (χ4v) is 1.12. The summed E-state index contributed by atoms with van der Waals surface area (Å²) in [6, 6.07) is 2.23. The molecule has 86 valence electrons. The Hall–Kier alpha value is -1.98. The Bertz CT molecular complexity index is 421. The first-order chi connectivity index (χ1) is 7.41. The lowest BCUT2D eigenvalue weighted by Gasteiger charge is -2.13. The molecule has 0 aliphatic rings. The molecular formula is C10H10F2N2O2. The van der Waals surface area contributed by atoms with E-state index in [1.54, 1.807) is 14.1 Å². The van der Waals surface area contributed by atoms with Crippen molar-refractivity contribution in [3.8, 4) is 0 Å². The number of nitro groups is 1. The van der Waals surface area contributed by atoms with Gasteiger partial charge in [-0.05, 0) is 12.1 Å². The maximum atomic E-state index is 13.4. The molecule has 0 atom stereocenters. The predicted octanol–water partition coefficient (Wildman–Crippen LogP) is 2.28. The Balaban J connectivity index is 3.17. The average molecular weight is 228 g/mol. The van der Waals surface area contributed by atoms with E-state index in [-0.39, 0.29) is 0 Å². The lowest BCUT2D eigenvalue weighted by Crippen LogP contribution is -2.09. The molecule has 16 heavy (non-hydrogen) atoms. The van der Waals surface area contributed by atoms with Crippen LogP contribution in [0.15, 0.2) is 18.3 Å². The Labute approximate surface area is 90.9 Å². The van der Waals surface area contributed by atoms with Crippen molar-refractivity contribution >= 4 is 11.8 Å². The van der Waals surface area contributed by atoms with Crippen LogP contribution in [0.2, 0.25) is 0 Å². The number of halogens is 2. The average Bonchev–Trinajstić information content (AvgIpc) is 2.15. The van der Waals surface area contributed by atoms with Crippen molar-refractivity contribution in [2.75, 3.05) is 19.0 Å². The van der Waals surface area contributed by atoms with Crippen molar-refractivity contribution in [2.24, 2.45) is 0 Å². The number of nitrogens with zero attached hydrogens (tertiary/aromatic N) is 2. The van der Waals surface area contributed by atoms with Gasteiger partial charge in [0.25, 0.3) is 0 Å². The van der Waals surface area contributed by atoms with Gasteiger partial charge < -0.3 is 4.90 Å². The summed E-state index contributed by atoms with van der Waals surface area (Å²) in [7, 11) is 3.28. The first kappa shape index (κ1) is 12.1. The molecule has 0 heterocycles. The van der Waals surface area contributed by atoms with Crippen LogP contribution in [0.25, 0.3) is 6.08 Å². The van der Waals surface area contributed by atoms with Gasteiger partial charge in [0.2, 0.25) is 6.20 Å². The van der Waals surface area contributed by atoms with Crippen LogP contribution in [0.5, 0.6) is 0 Å². The van der Waals surface area contributed by atoms with Crippen molar-refractivity contribution in [3.05, 3.63) is 45.6 Å². The zero-order chi connectivity index (χ0) is 12.3. The number of hydrogen-bond acceptors (Lipinski definition) is 3. The molecule has 0 saturated carbocycles. The Morgan fingerprint density at radius 1 is 1.31 bits per heavy atom. The van der Waals surface area contributed by atoms with E-state index >= 15 is 0 Å². The van der Waals surface area contributed by atoms with E-state index in [2.05, 4.69) is 0 Å². The van der Waals surface area contributed by atoms with E-state index in [1.165, 1.54) is 4.90 Å². The van der Waals surface area contributed by atoms with Crippen molar-refractivity contribution in [1.82, 2.24) is 0 Å². The molecule has 0 spiro atoms. The van der Waals surface area contributed by atoms with Gasteiger partial charge in [0, 0.05) is 25.9 Å². The predicted molar refractivity (Wildman–Crippen MR) is 56.7 cm³/mol. The van der Waals surface area contributed by atoms with Crippen LogP contribution in [0.4, 0.5) is 14.5 Å². The summed E-state index contributed by atoms with van der Waals surface area (Å²) in [6.07, 6.45) is 1.29. The topological polar surface area (TPSA) is 46.4 Å². The fourth-order valence-electron chi connectivity index (χ4n) is 1.12. The van der Waals surface area contributed by atoms with Crippen molar-refractivity contribution in [2.45, 2.75) is 0 Å². The molecule has 1 aromatic rings. The molecule has 0 unspecified atom stereocenters. The number of benzene rings is 1. The normalized spacial score (nSPS) is 10.8. The minimum atomic E-state index is -0.832. The lowest BCUT2D eigenvalue weighted by molar-refractivity contribution is -0.401. The van der Waals surface area contributed by atoms with Crippen LogP contribution in [-0.4, -0.2) is 19.0 Å². The molecule has 4 nitrogen and oxygen atoms in total. The van der Waals surface area contributed by atoms with Gasteiger partial charge in [0.05, 0.1) is 10.5 Å². The van der Waals surface area contributed by atoms with Crippen LogP contribution in [0.1, 0.15) is 5.56 Å². The summed E-state index contributed by atoms with van der Waals surface area (Å²) in [5.41, 5.74) is -0.0597. The molecule has 0 fully saturated rings. The number of rotatable bonds is 3. The number of hydrogen-bond donors (Lipinski definition) is 0. The van der Waals surface area contributed by atoms with E-state index in [4.69, 9.17) is 0 Å². The second-order valence-corrected chi connectivity index (χ2v) is 3.32. The Kier molecular flexibility index (Phi) is 3.55. The Morgan fingerprint density at radius 2 is 1.81 bits per heavy atom. The van der Waals surface area contributed by atoms with Crippen LogP contribution in [-0.2, 0) is 0 Å². The highest BCUT2D eigenvalue weighted by Crippen LogP contribution is 2.21. The van der Waals surface area contributed by atoms with Gasteiger partial charge in [-0.2, -0.15) is 0 Å². The zero-order valence-electron chi connectivity index (χ0n) is 8.78. The summed E-state index contributed by atoms with van der Waals surface area (Å²) in [4.78, 5) is 10.8. The lowest BCUT2D eigenvalue weighted by atomic mass is 10.1. The standard InChI is InChI=1S/C10H10F2N2O2/c1-13(2)7-5-9(11)8(10(12)6-7)3-4-14(15)16/h3-6H,1-2H3.